The standard InChI is InChI=1S/C13H15BrO6/c14-9-5-12-11(19-2-1-3-20-12)4-8(9)10(15)6-18-7-13(16)17/h4-5,10,15H,1-3,6-7H2,(H,16,17). The number of hydrogen-bond acceptors (Lipinski definition) is 5. The van der Waals surface area contributed by atoms with E-state index in [4.69, 9.17) is 19.3 Å². The van der Waals surface area contributed by atoms with Crippen molar-refractivity contribution in [1.29, 1.82) is 0 Å². The molecule has 0 bridgehead atoms. The molecule has 6 nitrogen and oxygen atoms in total. The molecule has 0 radical (unpaired) electrons. The molecule has 0 saturated carbocycles. The molecule has 7 heteroatoms. The molecule has 20 heavy (non-hydrogen) atoms. The summed E-state index contributed by atoms with van der Waals surface area (Å²) in [5.41, 5.74) is 0.569. The first kappa shape index (κ1) is 15.1. The SMILES string of the molecule is O=C(O)COCC(O)c1cc2c(cc1Br)OCCCO2. The van der Waals surface area contributed by atoms with Crippen LogP contribution in [0.4, 0.5) is 0 Å². The van der Waals surface area contributed by atoms with E-state index in [-0.39, 0.29) is 6.61 Å². The van der Waals surface area contributed by atoms with Crippen LogP contribution in [0.5, 0.6) is 11.5 Å². The Hall–Kier alpha value is -1.31. The number of aliphatic hydroxyl groups is 1. The molecule has 0 aliphatic carbocycles. The van der Waals surface area contributed by atoms with Gasteiger partial charge >= 0.3 is 5.97 Å². The van der Waals surface area contributed by atoms with E-state index in [1.54, 1.807) is 12.1 Å². The van der Waals surface area contributed by atoms with Gasteiger partial charge in [0, 0.05) is 16.5 Å². The van der Waals surface area contributed by atoms with Crippen LogP contribution >= 0.6 is 15.9 Å². The smallest absolute Gasteiger partial charge is 0.329 e. The highest BCUT2D eigenvalue weighted by molar-refractivity contribution is 9.10. The van der Waals surface area contributed by atoms with Crippen molar-refractivity contribution in [2.75, 3.05) is 26.4 Å². The van der Waals surface area contributed by atoms with Crippen molar-refractivity contribution in [3.63, 3.8) is 0 Å². The van der Waals surface area contributed by atoms with Crippen LogP contribution in [0.15, 0.2) is 16.6 Å². The summed E-state index contributed by atoms with van der Waals surface area (Å²) in [5, 5.41) is 18.5. The first-order valence-electron chi connectivity index (χ1n) is 6.14. The first-order chi connectivity index (χ1) is 9.58. The van der Waals surface area contributed by atoms with Gasteiger partial charge in [0.2, 0.25) is 0 Å². The third-order valence-electron chi connectivity index (χ3n) is 2.73. The Bertz CT molecular complexity index is 490. The molecule has 1 atom stereocenters. The van der Waals surface area contributed by atoms with Crippen molar-refractivity contribution in [2.45, 2.75) is 12.5 Å². The zero-order chi connectivity index (χ0) is 14.5. The van der Waals surface area contributed by atoms with Gasteiger partial charge in [-0.3, -0.25) is 0 Å². The van der Waals surface area contributed by atoms with Crippen molar-refractivity contribution < 1.29 is 29.2 Å². The third-order valence-corrected chi connectivity index (χ3v) is 3.41. The number of carbonyl (C=O) groups is 1. The average Bonchev–Trinajstić information content (AvgIpc) is 2.61. The van der Waals surface area contributed by atoms with Gasteiger partial charge in [-0.25, -0.2) is 4.79 Å². The number of halogens is 1. The summed E-state index contributed by atoms with van der Waals surface area (Å²) in [6.45, 7) is 0.590. The van der Waals surface area contributed by atoms with Crippen LogP contribution in [0, 0.1) is 0 Å². The van der Waals surface area contributed by atoms with Gasteiger partial charge in [0.05, 0.1) is 19.8 Å². The molecule has 0 fully saturated rings. The van der Waals surface area contributed by atoms with Crippen LogP contribution in [-0.2, 0) is 9.53 Å². The second-order valence-electron chi connectivity index (χ2n) is 4.30. The van der Waals surface area contributed by atoms with Crippen LogP contribution in [0.25, 0.3) is 0 Å². The Morgan fingerprint density at radius 2 is 2.00 bits per heavy atom. The molecule has 0 aromatic heterocycles. The fraction of sp³-hybridized carbons (Fsp3) is 0.462. The lowest BCUT2D eigenvalue weighted by molar-refractivity contribution is -0.143. The van der Waals surface area contributed by atoms with E-state index >= 15 is 0 Å². The number of carboxylic acids is 1. The summed E-state index contributed by atoms with van der Waals surface area (Å²) >= 11 is 3.35. The molecule has 1 unspecified atom stereocenters. The highest BCUT2D eigenvalue weighted by Gasteiger charge is 2.18. The molecule has 0 spiro atoms. The Kier molecular flexibility index (Phi) is 5.22. The molecule has 0 saturated heterocycles. The topological polar surface area (TPSA) is 85.2 Å². The molecule has 1 aliphatic rings. The molecule has 0 amide bonds. The van der Waals surface area contributed by atoms with Gasteiger partial charge in [0.1, 0.15) is 12.7 Å². The number of rotatable bonds is 5. The minimum Gasteiger partial charge on any atom is -0.490 e. The number of hydrogen-bond donors (Lipinski definition) is 2. The van der Waals surface area contributed by atoms with Crippen molar-refractivity contribution in [2.24, 2.45) is 0 Å². The lowest BCUT2D eigenvalue weighted by Gasteiger charge is -2.16. The molecular weight excluding hydrogens is 332 g/mol. The minimum absolute atomic E-state index is 0.107. The van der Waals surface area contributed by atoms with E-state index in [2.05, 4.69) is 15.9 Å². The Morgan fingerprint density at radius 1 is 1.35 bits per heavy atom. The molecule has 1 aliphatic heterocycles. The molecule has 1 aromatic carbocycles. The number of carboxylic acid groups (broad SMARTS) is 1. The van der Waals surface area contributed by atoms with E-state index in [9.17, 15) is 9.90 Å². The fourth-order valence-corrected chi connectivity index (χ4v) is 2.39. The number of benzene rings is 1. The number of fused-ring (bicyclic) bond motifs is 1. The summed E-state index contributed by atoms with van der Waals surface area (Å²) in [6, 6.07) is 3.41. The van der Waals surface area contributed by atoms with Gasteiger partial charge < -0.3 is 24.4 Å². The second kappa shape index (κ2) is 6.92. The molecule has 1 aromatic rings. The highest BCUT2D eigenvalue weighted by atomic mass is 79.9. The van der Waals surface area contributed by atoms with Gasteiger partial charge in [-0.2, -0.15) is 0 Å². The predicted octanol–water partition coefficient (Wildman–Crippen LogP) is 1.74. The van der Waals surface area contributed by atoms with E-state index in [0.717, 1.165) is 6.42 Å². The average molecular weight is 347 g/mol. The second-order valence-corrected chi connectivity index (χ2v) is 5.15. The number of aliphatic carboxylic acids is 1. The Balaban J connectivity index is 2.10. The fourth-order valence-electron chi connectivity index (χ4n) is 1.80. The van der Waals surface area contributed by atoms with Crippen molar-refractivity contribution in [3.05, 3.63) is 22.2 Å². The monoisotopic (exact) mass is 346 g/mol. The van der Waals surface area contributed by atoms with Crippen molar-refractivity contribution in [1.82, 2.24) is 0 Å². The van der Waals surface area contributed by atoms with Gasteiger partial charge in [-0.15, -0.1) is 0 Å². The van der Waals surface area contributed by atoms with Gasteiger partial charge in [0.25, 0.3) is 0 Å². The summed E-state index contributed by atoms with van der Waals surface area (Å²) in [6.07, 6.45) is -0.146. The van der Waals surface area contributed by atoms with E-state index in [0.29, 0.717) is 34.7 Å². The van der Waals surface area contributed by atoms with Crippen molar-refractivity contribution >= 4 is 21.9 Å². The largest absolute Gasteiger partial charge is 0.490 e. The third kappa shape index (κ3) is 3.84. The highest BCUT2D eigenvalue weighted by Crippen LogP contribution is 2.37. The first-order valence-corrected chi connectivity index (χ1v) is 6.94. The van der Waals surface area contributed by atoms with Crippen LogP contribution in [0.3, 0.4) is 0 Å². The van der Waals surface area contributed by atoms with E-state index in [1.165, 1.54) is 0 Å². The minimum atomic E-state index is -1.07. The number of aliphatic hydroxyl groups excluding tert-OH is 1. The van der Waals surface area contributed by atoms with Gasteiger partial charge in [0.15, 0.2) is 11.5 Å². The maximum absolute atomic E-state index is 10.4. The molecule has 1 heterocycles. The van der Waals surface area contributed by atoms with Gasteiger partial charge in [-0.1, -0.05) is 15.9 Å². The summed E-state index contributed by atoms with van der Waals surface area (Å²) in [4.78, 5) is 10.4. The quantitative estimate of drug-likeness (QED) is 0.844. The molecular formula is C13H15BrO6. The summed E-state index contributed by atoms with van der Waals surface area (Å²) < 4.78 is 16.6. The lowest BCUT2D eigenvalue weighted by atomic mass is 10.1. The normalized spacial score (nSPS) is 15.5. The van der Waals surface area contributed by atoms with Crippen LogP contribution in [-0.4, -0.2) is 42.6 Å². The number of ether oxygens (including phenoxy) is 3. The Morgan fingerprint density at radius 3 is 2.65 bits per heavy atom. The summed E-state index contributed by atoms with van der Waals surface area (Å²) in [5.74, 6) is 0.115. The zero-order valence-electron chi connectivity index (χ0n) is 10.7. The van der Waals surface area contributed by atoms with Crippen LogP contribution in [0.1, 0.15) is 18.1 Å². The van der Waals surface area contributed by atoms with Crippen molar-refractivity contribution in [3.8, 4) is 11.5 Å². The summed E-state index contributed by atoms with van der Waals surface area (Å²) in [7, 11) is 0. The van der Waals surface area contributed by atoms with Gasteiger partial charge in [-0.05, 0) is 12.1 Å². The van der Waals surface area contributed by atoms with Crippen LogP contribution in [0.2, 0.25) is 0 Å². The van der Waals surface area contributed by atoms with E-state index in [1.807, 2.05) is 0 Å². The zero-order valence-corrected chi connectivity index (χ0v) is 12.3. The molecule has 2 rings (SSSR count). The van der Waals surface area contributed by atoms with E-state index < -0.39 is 18.7 Å². The molecule has 110 valence electrons. The van der Waals surface area contributed by atoms with Crippen LogP contribution < -0.4 is 9.47 Å². The predicted molar refractivity (Wildman–Crippen MR) is 73.2 cm³/mol. The molecule has 2 N–H and O–H groups in total. The lowest BCUT2D eigenvalue weighted by Crippen LogP contribution is -2.13. The maximum Gasteiger partial charge on any atom is 0.329 e. The Labute approximate surface area is 124 Å². The maximum atomic E-state index is 10.4.